The molecule has 1 aromatic carbocycles. The molecule has 0 amide bonds. The van der Waals surface area contributed by atoms with E-state index in [1.807, 2.05) is 13.0 Å². The van der Waals surface area contributed by atoms with Gasteiger partial charge in [0, 0.05) is 38.8 Å². The van der Waals surface area contributed by atoms with Crippen molar-refractivity contribution in [1.82, 2.24) is 15.5 Å². The summed E-state index contributed by atoms with van der Waals surface area (Å²) in [5.74, 6) is 0.903. The van der Waals surface area contributed by atoms with Crippen LogP contribution in [0.3, 0.4) is 0 Å². The SMILES string of the molecule is C/C=C/CCN=C(NCC)NC1CCN(Cc2ccc(OC)c(F)c2)CC1. The second-order valence-corrected chi connectivity index (χ2v) is 6.78. The molecule has 0 atom stereocenters. The number of guanidine groups is 1. The highest BCUT2D eigenvalue weighted by atomic mass is 19.1. The lowest BCUT2D eigenvalue weighted by Gasteiger charge is -2.33. The summed E-state index contributed by atoms with van der Waals surface area (Å²) in [7, 11) is 1.49. The predicted octanol–water partition coefficient (Wildman–Crippen LogP) is 3.32. The van der Waals surface area contributed by atoms with Gasteiger partial charge < -0.3 is 15.4 Å². The molecule has 2 rings (SSSR count). The number of nitrogens with zero attached hydrogens (tertiary/aromatic N) is 2. The summed E-state index contributed by atoms with van der Waals surface area (Å²) in [4.78, 5) is 7.00. The molecule has 1 heterocycles. The maximum Gasteiger partial charge on any atom is 0.191 e. The van der Waals surface area contributed by atoms with Gasteiger partial charge in [-0.2, -0.15) is 0 Å². The van der Waals surface area contributed by atoms with Gasteiger partial charge in [0.25, 0.3) is 0 Å². The molecule has 27 heavy (non-hydrogen) atoms. The van der Waals surface area contributed by atoms with E-state index in [9.17, 15) is 4.39 Å². The second kappa shape index (κ2) is 11.6. The lowest BCUT2D eigenvalue weighted by atomic mass is 10.0. The van der Waals surface area contributed by atoms with Crippen molar-refractivity contribution in [3.05, 3.63) is 41.7 Å². The zero-order chi connectivity index (χ0) is 19.5. The maximum atomic E-state index is 13.9. The van der Waals surface area contributed by atoms with Crippen LogP contribution in [-0.4, -0.2) is 50.2 Å². The van der Waals surface area contributed by atoms with Gasteiger partial charge in [-0.1, -0.05) is 18.2 Å². The zero-order valence-corrected chi connectivity index (χ0v) is 16.8. The number of aliphatic imine (C=N–C) groups is 1. The van der Waals surface area contributed by atoms with Gasteiger partial charge in [-0.05, 0) is 50.8 Å². The van der Waals surface area contributed by atoms with Crippen LogP contribution < -0.4 is 15.4 Å². The first kappa shape index (κ1) is 21.2. The monoisotopic (exact) mass is 376 g/mol. The van der Waals surface area contributed by atoms with Crippen molar-refractivity contribution >= 4 is 5.96 Å². The molecule has 0 bridgehead atoms. The molecule has 1 saturated heterocycles. The van der Waals surface area contributed by atoms with E-state index in [-0.39, 0.29) is 5.82 Å². The van der Waals surface area contributed by atoms with Gasteiger partial charge in [0.05, 0.1) is 7.11 Å². The molecule has 2 N–H and O–H groups in total. The van der Waals surface area contributed by atoms with Gasteiger partial charge in [-0.25, -0.2) is 4.39 Å². The Morgan fingerprint density at radius 1 is 1.37 bits per heavy atom. The summed E-state index contributed by atoms with van der Waals surface area (Å²) < 4.78 is 18.8. The molecule has 0 saturated carbocycles. The minimum Gasteiger partial charge on any atom is -0.494 e. The number of benzene rings is 1. The van der Waals surface area contributed by atoms with Crippen LogP contribution >= 0.6 is 0 Å². The minimum absolute atomic E-state index is 0.295. The highest BCUT2D eigenvalue weighted by molar-refractivity contribution is 5.80. The quantitative estimate of drug-likeness (QED) is 0.316. The number of likely N-dealkylation sites (tertiary alicyclic amines) is 1. The Hall–Kier alpha value is -2.08. The van der Waals surface area contributed by atoms with Crippen molar-refractivity contribution in [3.8, 4) is 5.75 Å². The summed E-state index contributed by atoms with van der Waals surface area (Å²) in [6, 6.07) is 5.64. The largest absolute Gasteiger partial charge is 0.494 e. The van der Waals surface area contributed by atoms with Gasteiger partial charge in [0.1, 0.15) is 0 Å². The van der Waals surface area contributed by atoms with Gasteiger partial charge in [0.2, 0.25) is 0 Å². The number of halogens is 1. The third-order valence-corrected chi connectivity index (χ3v) is 4.70. The lowest BCUT2D eigenvalue weighted by molar-refractivity contribution is 0.198. The van der Waals surface area contributed by atoms with Crippen LogP contribution in [0.2, 0.25) is 0 Å². The number of nitrogens with one attached hydrogen (secondary N) is 2. The molecule has 0 aromatic heterocycles. The number of rotatable bonds is 8. The van der Waals surface area contributed by atoms with Crippen LogP contribution in [-0.2, 0) is 6.54 Å². The fourth-order valence-electron chi connectivity index (χ4n) is 3.23. The first-order chi connectivity index (χ1) is 13.2. The molecule has 1 aliphatic heterocycles. The molecule has 5 nitrogen and oxygen atoms in total. The summed E-state index contributed by atoms with van der Waals surface area (Å²) in [6.45, 7) is 8.51. The topological polar surface area (TPSA) is 48.9 Å². The van der Waals surface area contributed by atoms with E-state index in [4.69, 9.17) is 4.74 Å². The van der Waals surface area contributed by atoms with Gasteiger partial charge in [0.15, 0.2) is 17.5 Å². The van der Waals surface area contributed by atoms with E-state index in [1.54, 1.807) is 12.1 Å². The van der Waals surface area contributed by atoms with E-state index < -0.39 is 0 Å². The summed E-state index contributed by atoms with van der Waals surface area (Å²) >= 11 is 0. The van der Waals surface area contributed by atoms with Crippen LogP contribution in [0, 0.1) is 5.82 Å². The smallest absolute Gasteiger partial charge is 0.191 e. The molecular formula is C21H33FN4O. The van der Waals surface area contributed by atoms with Crippen molar-refractivity contribution in [2.75, 3.05) is 33.3 Å². The van der Waals surface area contributed by atoms with Crippen LogP contribution in [0.1, 0.15) is 38.7 Å². The van der Waals surface area contributed by atoms with E-state index in [0.29, 0.717) is 11.8 Å². The van der Waals surface area contributed by atoms with Crippen molar-refractivity contribution in [1.29, 1.82) is 0 Å². The second-order valence-electron chi connectivity index (χ2n) is 6.78. The minimum atomic E-state index is -0.295. The van der Waals surface area contributed by atoms with Crippen LogP contribution in [0.5, 0.6) is 5.75 Å². The first-order valence-corrected chi connectivity index (χ1v) is 9.87. The molecule has 0 radical (unpaired) electrons. The van der Waals surface area contributed by atoms with E-state index in [2.05, 4.69) is 39.6 Å². The van der Waals surface area contributed by atoms with Gasteiger partial charge in [-0.15, -0.1) is 0 Å². The fourth-order valence-corrected chi connectivity index (χ4v) is 3.23. The standard InChI is InChI=1S/C21H33FN4O/c1-4-6-7-12-24-21(23-5-2)25-18-10-13-26(14-11-18)16-17-8-9-20(27-3)19(22)15-17/h4,6,8-9,15,18H,5,7,10-14,16H2,1-3H3,(H2,23,24,25)/b6-4+. The highest BCUT2D eigenvalue weighted by Crippen LogP contribution is 2.20. The molecule has 0 unspecified atom stereocenters. The molecule has 6 heteroatoms. The summed E-state index contributed by atoms with van der Waals surface area (Å²) in [5, 5.41) is 6.88. The van der Waals surface area contributed by atoms with Crippen molar-refractivity contribution in [3.63, 3.8) is 0 Å². The van der Waals surface area contributed by atoms with Crippen molar-refractivity contribution in [2.45, 2.75) is 45.7 Å². The number of piperidine rings is 1. The average molecular weight is 377 g/mol. The normalized spacial score (nSPS) is 16.7. The zero-order valence-electron chi connectivity index (χ0n) is 16.8. The molecule has 1 fully saturated rings. The molecule has 0 spiro atoms. The molecular weight excluding hydrogens is 343 g/mol. The summed E-state index contributed by atoms with van der Waals surface area (Å²) in [5.41, 5.74) is 0.985. The first-order valence-electron chi connectivity index (χ1n) is 9.87. The molecule has 1 aromatic rings. The number of methoxy groups -OCH3 is 1. The Bertz CT molecular complexity index is 625. The Kier molecular flexibility index (Phi) is 9.11. The number of hydrogen-bond acceptors (Lipinski definition) is 3. The van der Waals surface area contributed by atoms with E-state index >= 15 is 0 Å². The predicted molar refractivity (Wildman–Crippen MR) is 110 cm³/mol. The average Bonchev–Trinajstić information content (AvgIpc) is 2.67. The van der Waals surface area contributed by atoms with Crippen molar-refractivity contribution < 1.29 is 9.13 Å². The number of allylic oxidation sites excluding steroid dienone is 1. The van der Waals surface area contributed by atoms with Gasteiger partial charge >= 0.3 is 0 Å². The Morgan fingerprint density at radius 3 is 2.78 bits per heavy atom. The maximum absolute atomic E-state index is 13.9. The number of ether oxygens (including phenoxy) is 1. The van der Waals surface area contributed by atoms with Crippen LogP contribution in [0.25, 0.3) is 0 Å². The number of hydrogen-bond donors (Lipinski definition) is 2. The lowest BCUT2D eigenvalue weighted by Crippen LogP contribution is -2.48. The van der Waals surface area contributed by atoms with Crippen LogP contribution in [0.4, 0.5) is 4.39 Å². The molecule has 150 valence electrons. The molecule has 0 aliphatic carbocycles. The van der Waals surface area contributed by atoms with Crippen LogP contribution in [0.15, 0.2) is 35.3 Å². The Labute approximate surface area is 162 Å². The Balaban J connectivity index is 1.80. The van der Waals surface area contributed by atoms with Gasteiger partial charge in [-0.3, -0.25) is 9.89 Å². The van der Waals surface area contributed by atoms with Crippen molar-refractivity contribution in [2.24, 2.45) is 4.99 Å². The third kappa shape index (κ3) is 7.21. The van der Waals surface area contributed by atoms with E-state index in [1.165, 1.54) is 7.11 Å². The van der Waals surface area contributed by atoms with E-state index in [0.717, 1.165) is 63.5 Å². The third-order valence-electron chi connectivity index (χ3n) is 4.70. The summed E-state index contributed by atoms with van der Waals surface area (Å²) in [6.07, 6.45) is 7.26. The Morgan fingerprint density at radius 2 is 2.15 bits per heavy atom. The fraction of sp³-hybridized carbons (Fsp3) is 0.571. The highest BCUT2D eigenvalue weighted by Gasteiger charge is 2.20. The molecule has 1 aliphatic rings.